The first-order valence-corrected chi connectivity index (χ1v) is 12.6. The lowest BCUT2D eigenvalue weighted by Crippen LogP contribution is -2.44. The molecule has 0 bridgehead atoms. The van der Waals surface area contributed by atoms with Crippen molar-refractivity contribution in [1.29, 1.82) is 0 Å². The number of anilines is 1. The predicted octanol–water partition coefficient (Wildman–Crippen LogP) is 4.81. The Morgan fingerprint density at radius 2 is 1.81 bits per heavy atom. The molecule has 1 aliphatic rings. The maximum Gasteiger partial charge on any atom is 0.409 e. The second-order valence-corrected chi connectivity index (χ2v) is 9.86. The van der Waals surface area contributed by atoms with Crippen LogP contribution in [0.3, 0.4) is 0 Å². The van der Waals surface area contributed by atoms with Crippen LogP contribution in [-0.2, 0) is 16.1 Å². The van der Waals surface area contributed by atoms with Crippen LogP contribution < -0.4 is 9.64 Å². The molecular formula is C28H30N2O5S. The number of aliphatic hydroxyl groups excluding tert-OH is 1. The fourth-order valence-electron chi connectivity index (χ4n) is 3.96. The monoisotopic (exact) mass is 506 g/mol. The van der Waals surface area contributed by atoms with Gasteiger partial charge in [0.1, 0.15) is 18.5 Å². The van der Waals surface area contributed by atoms with E-state index in [2.05, 4.69) is 0 Å². The number of nitrogens with zero attached hydrogens (tertiary/aromatic N) is 2. The van der Waals surface area contributed by atoms with Gasteiger partial charge in [0, 0.05) is 25.0 Å². The second-order valence-electron chi connectivity index (χ2n) is 8.68. The number of amides is 2. The van der Waals surface area contributed by atoms with E-state index in [-0.39, 0.29) is 19.7 Å². The number of carbonyl (C=O) groups is 2. The fraction of sp³-hybridized carbons (Fsp3) is 0.286. The summed E-state index contributed by atoms with van der Waals surface area (Å²) in [6, 6.07) is 22.7. The van der Waals surface area contributed by atoms with E-state index in [4.69, 9.17) is 9.47 Å². The third kappa shape index (κ3) is 5.83. The predicted molar refractivity (Wildman–Crippen MR) is 140 cm³/mol. The molecule has 0 radical (unpaired) electrons. The standard InChI is InChI=1S/C28H30N2O5S/c1-19-9-11-21(12-10-19)26-25(31)27(32)30(23-14-13-22(34-3)17-24(23)36-26)16-15-29(2)28(33)35-18-20-7-5-4-6-8-20/h4-14,17,25-26,31H,15-16,18H2,1-3H3/t25-,26+/m0/s1. The summed E-state index contributed by atoms with van der Waals surface area (Å²) in [5.74, 6) is 0.248. The van der Waals surface area contributed by atoms with Gasteiger partial charge in [-0.05, 0) is 36.2 Å². The van der Waals surface area contributed by atoms with Gasteiger partial charge in [-0.3, -0.25) is 4.79 Å². The maximum absolute atomic E-state index is 13.5. The third-order valence-corrected chi connectivity index (χ3v) is 7.46. The molecule has 4 rings (SSSR count). The average Bonchev–Trinajstić information content (AvgIpc) is 3.00. The van der Waals surface area contributed by atoms with Crippen LogP contribution in [0.1, 0.15) is 21.9 Å². The molecule has 1 heterocycles. The number of fused-ring (bicyclic) bond motifs is 1. The van der Waals surface area contributed by atoms with E-state index in [0.717, 1.165) is 21.6 Å². The number of benzene rings is 3. The van der Waals surface area contributed by atoms with Crippen LogP contribution in [0, 0.1) is 6.92 Å². The zero-order valence-electron chi connectivity index (χ0n) is 20.6. The van der Waals surface area contributed by atoms with Crippen LogP contribution >= 0.6 is 11.8 Å². The summed E-state index contributed by atoms with van der Waals surface area (Å²) < 4.78 is 10.8. The number of likely N-dealkylation sites (N-methyl/N-ethyl adjacent to an activating group) is 1. The number of thioether (sulfide) groups is 1. The minimum Gasteiger partial charge on any atom is -0.497 e. The molecule has 2 amide bonds. The molecule has 0 aromatic heterocycles. The molecule has 1 aliphatic heterocycles. The maximum atomic E-state index is 13.5. The zero-order chi connectivity index (χ0) is 25.7. The SMILES string of the molecule is COc1ccc2c(c1)S[C@H](c1ccc(C)cc1)[C@H](O)C(=O)N2CCN(C)C(=O)OCc1ccccc1. The molecule has 1 N–H and O–H groups in total. The van der Waals surface area contributed by atoms with E-state index in [1.165, 1.54) is 16.7 Å². The summed E-state index contributed by atoms with van der Waals surface area (Å²) in [5, 5.41) is 10.7. The van der Waals surface area contributed by atoms with Crippen molar-refractivity contribution < 1.29 is 24.2 Å². The van der Waals surface area contributed by atoms with Gasteiger partial charge in [0.05, 0.1) is 18.0 Å². The Bertz CT molecular complexity index is 1200. The van der Waals surface area contributed by atoms with Crippen LogP contribution in [0.15, 0.2) is 77.7 Å². The Labute approximate surface area is 215 Å². The van der Waals surface area contributed by atoms with Gasteiger partial charge in [0.2, 0.25) is 0 Å². The Morgan fingerprint density at radius 1 is 1.08 bits per heavy atom. The van der Waals surface area contributed by atoms with Crippen molar-refractivity contribution in [3.63, 3.8) is 0 Å². The molecule has 0 fully saturated rings. The second kappa shape index (κ2) is 11.5. The van der Waals surface area contributed by atoms with Crippen molar-refractivity contribution in [2.75, 3.05) is 32.1 Å². The van der Waals surface area contributed by atoms with E-state index in [1.54, 1.807) is 25.1 Å². The van der Waals surface area contributed by atoms with Crippen molar-refractivity contribution in [3.05, 3.63) is 89.5 Å². The number of aliphatic hydroxyl groups is 1. The van der Waals surface area contributed by atoms with Crippen LogP contribution in [0.5, 0.6) is 5.75 Å². The Balaban J connectivity index is 1.52. The summed E-state index contributed by atoms with van der Waals surface area (Å²) in [4.78, 5) is 29.8. The van der Waals surface area contributed by atoms with Crippen LogP contribution in [0.2, 0.25) is 0 Å². The largest absolute Gasteiger partial charge is 0.497 e. The highest BCUT2D eigenvalue weighted by Gasteiger charge is 2.37. The van der Waals surface area contributed by atoms with Gasteiger partial charge in [-0.2, -0.15) is 0 Å². The molecule has 2 atom stereocenters. The minimum absolute atomic E-state index is 0.170. The van der Waals surface area contributed by atoms with Crippen LogP contribution in [0.4, 0.5) is 10.5 Å². The van der Waals surface area contributed by atoms with E-state index in [0.29, 0.717) is 11.4 Å². The normalized spacial score (nSPS) is 17.2. The van der Waals surface area contributed by atoms with Gasteiger partial charge in [0.25, 0.3) is 5.91 Å². The molecule has 0 aliphatic carbocycles. The number of aryl methyl sites for hydroxylation is 1. The first-order chi connectivity index (χ1) is 17.4. The summed E-state index contributed by atoms with van der Waals surface area (Å²) in [6.07, 6.45) is -1.74. The van der Waals surface area contributed by atoms with E-state index >= 15 is 0 Å². The third-order valence-electron chi connectivity index (χ3n) is 6.10. The van der Waals surface area contributed by atoms with E-state index in [9.17, 15) is 14.7 Å². The van der Waals surface area contributed by atoms with Gasteiger partial charge in [-0.25, -0.2) is 4.79 Å². The Hall–Kier alpha value is -3.49. The summed E-state index contributed by atoms with van der Waals surface area (Å²) in [7, 11) is 3.22. The average molecular weight is 507 g/mol. The fourth-order valence-corrected chi connectivity index (χ4v) is 5.25. The van der Waals surface area contributed by atoms with Crippen LogP contribution in [0.25, 0.3) is 0 Å². The van der Waals surface area contributed by atoms with Crippen molar-refractivity contribution in [1.82, 2.24) is 4.90 Å². The first kappa shape index (κ1) is 25.6. The summed E-state index contributed by atoms with van der Waals surface area (Å²) >= 11 is 1.43. The number of hydrogen-bond acceptors (Lipinski definition) is 6. The smallest absolute Gasteiger partial charge is 0.409 e. The minimum atomic E-state index is -1.26. The quantitative estimate of drug-likeness (QED) is 0.495. The first-order valence-electron chi connectivity index (χ1n) is 11.7. The molecule has 3 aromatic carbocycles. The Morgan fingerprint density at radius 3 is 2.50 bits per heavy atom. The molecule has 3 aromatic rings. The van der Waals surface area contributed by atoms with Gasteiger partial charge in [-0.15, -0.1) is 11.8 Å². The number of methoxy groups -OCH3 is 1. The molecule has 7 nitrogen and oxygen atoms in total. The molecule has 0 saturated heterocycles. The van der Waals surface area contributed by atoms with Gasteiger partial charge >= 0.3 is 6.09 Å². The highest BCUT2D eigenvalue weighted by Crippen LogP contribution is 2.46. The van der Waals surface area contributed by atoms with E-state index < -0.39 is 23.4 Å². The molecule has 8 heteroatoms. The number of rotatable bonds is 7. The number of hydrogen-bond donors (Lipinski definition) is 1. The highest BCUT2D eigenvalue weighted by atomic mass is 32.2. The van der Waals surface area contributed by atoms with Crippen LogP contribution in [-0.4, -0.2) is 55.4 Å². The molecule has 0 spiro atoms. The van der Waals surface area contributed by atoms with Crippen molar-refractivity contribution in [3.8, 4) is 5.75 Å². The lowest BCUT2D eigenvalue weighted by Gasteiger charge is -2.27. The zero-order valence-corrected chi connectivity index (χ0v) is 21.4. The lowest BCUT2D eigenvalue weighted by atomic mass is 10.0. The van der Waals surface area contributed by atoms with Gasteiger partial charge < -0.3 is 24.4 Å². The molecule has 0 unspecified atom stereocenters. The molecule has 188 valence electrons. The van der Waals surface area contributed by atoms with E-state index in [1.807, 2.05) is 73.7 Å². The topological polar surface area (TPSA) is 79.3 Å². The number of carbonyl (C=O) groups excluding carboxylic acids is 2. The summed E-state index contributed by atoms with van der Waals surface area (Å²) in [5.41, 5.74) is 3.53. The lowest BCUT2D eigenvalue weighted by molar-refractivity contribution is -0.126. The highest BCUT2D eigenvalue weighted by molar-refractivity contribution is 7.99. The van der Waals surface area contributed by atoms with Crippen molar-refractivity contribution in [2.24, 2.45) is 0 Å². The number of ether oxygens (including phenoxy) is 2. The van der Waals surface area contributed by atoms with Crippen molar-refractivity contribution >= 4 is 29.4 Å². The molecule has 0 saturated carbocycles. The van der Waals surface area contributed by atoms with Gasteiger partial charge in [-0.1, -0.05) is 60.2 Å². The van der Waals surface area contributed by atoms with Crippen molar-refractivity contribution in [2.45, 2.75) is 29.8 Å². The molecule has 36 heavy (non-hydrogen) atoms. The molecular weight excluding hydrogens is 476 g/mol. The Kier molecular flexibility index (Phi) is 8.18. The summed E-state index contributed by atoms with van der Waals surface area (Å²) in [6.45, 7) is 2.60. The van der Waals surface area contributed by atoms with Gasteiger partial charge in [0.15, 0.2) is 0 Å².